The standard InChI is InChI=1S/C7H12N2/c1-8-6-4-3-5-7-9(8)2/h1-2H,3-7H2. The van der Waals surface area contributed by atoms with Crippen LogP contribution < -0.4 is 0 Å². The Morgan fingerprint density at radius 3 is 1.67 bits per heavy atom. The first kappa shape index (κ1) is 7.03. The zero-order valence-electron chi connectivity index (χ0n) is 5.58. The van der Waals surface area contributed by atoms with Crippen LogP contribution in [0.4, 0.5) is 0 Å². The van der Waals surface area contributed by atoms with Crippen molar-refractivity contribution in [2.24, 2.45) is 0 Å². The van der Waals surface area contributed by atoms with Gasteiger partial charge in [0.15, 0.2) is 0 Å². The maximum absolute atomic E-state index is 5.51. The van der Waals surface area contributed by atoms with Crippen molar-refractivity contribution in [1.82, 2.24) is 10.0 Å². The minimum Gasteiger partial charge on any atom is -0.235 e. The third kappa shape index (κ3) is 1.95. The Balaban J connectivity index is 2.32. The number of rotatable bonds is 0. The lowest BCUT2D eigenvalue weighted by atomic mass is 10.2. The summed E-state index contributed by atoms with van der Waals surface area (Å²) in [7, 11) is 11.0. The van der Waals surface area contributed by atoms with E-state index in [9.17, 15) is 0 Å². The summed E-state index contributed by atoms with van der Waals surface area (Å²) in [5, 5.41) is 3.15. The normalized spacial score (nSPS) is 26.0. The van der Waals surface area contributed by atoms with Crippen molar-refractivity contribution in [3.05, 3.63) is 14.1 Å². The van der Waals surface area contributed by atoms with E-state index in [1.807, 2.05) is 0 Å². The van der Waals surface area contributed by atoms with E-state index in [-0.39, 0.29) is 0 Å². The van der Waals surface area contributed by atoms with Gasteiger partial charge in [0.25, 0.3) is 0 Å². The van der Waals surface area contributed by atoms with Crippen LogP contribution in [-0.2, 0) is 0 Å². The van der Waals surface area contributed by atoms with Crippen molar-refractivity contribution >= 4 is 0 Å². The molecule has 1 aliphatic heterocycles. The Hall–Kier alpha value is -0.0800. The molecular formula is C7H12N2. The fraction of sp³-hybridized carbons (Fsp3) is 0.714. The smallest absolute Gasteiger partial charge is 0.0617 e. The van der Waals surface area contributed by atoms with Gasteiger partial charge >= 0.3 is 0 Å². The molecule has 1 rings (SSSR count). The SMILES string of the molecule is [CH]N1CCCCCN1[CH]. The molecule has 0 aromatic heterocycles. The summed E-state index contributed by atoms with van der Waals surface area (Å²) in [5.74, 6) is 0. The number of nitrogens with zero attached hydrogens (tertiary/aromatic N) is 2. The van der Waals surface area contributed by atoms with Gasteiger partial charge in [-0.25, -0.2) is 10.0 Å². The molecule has 0 spiro atoms. The molecule has 0 saturated carbocycles. The molecule has 9 heavy (non-hydrogen) atoms. The van der Waals surface area contributed by atoms with Gasteiger partial charge in [-0.15, -0.1) is 0 Å². The molecule has 0 unspecified atom stereocenters. The molecule has 0 amide bonds. The summed E-state index contributed by atoms with van der Waals surface area (Å²) in [5.41, 5.74) is 0. The summed E-state index contributed by atoms with van der Waals surface area (Å²) in [6.07, 6.45) is 3.55. The predicted octanol–water partition coefficient (Wildman–Crippen LogP) is 1.03. The van der Waals surface area contributed by atoms with Gasteiger partial charge < -0.3 is 0 Å². The molecule has 0 aromatic carbocycles. The van der Waals surface area contributed by atoms with Crippen LogP contribution >= 0.6 is 0 Å². The molecule has 0 atom stereocenters. The fourth-order valence-electron chi connectivity index (χ4n) is 0.981. The van der Waals surface area contributed by atoms with Crippen LogP contribution in [0.1, 0.15) is 19.3 Å². The zero-order valence-corrected chi connectivity index (χ0v) is 5.58. The van der Waals surface area contributed by atoms with Crippen LogP contribution in [0.25, 0.3) is 0 Å². The fourth-order valence-corrected chi connectivity index (χ4v) is 0.981. The van der Waals surface area contributed by atoms with Gasteiger partial charge in [0, 0.05) is 13.1 Å². The van der Waals surface area contributed by atoms with Gasteiger partial charge in [-0.3, -0.25) is 0 Å². The van der Waals surface area contributed by atoms with E-state index in [0.29, 0.717) is 0 Å². The first-order valence-electron chi connectivity index (χ1n) is 3.35. The minimum absolute atomic E-state index is 0.885. The molecule has 0 aromatic rings. The van der Waals surface area contributed by atoms with Gasteiger partial charge in [-0.05, 0) is 12.8 Å². The molecule has 2 nitrogen and oxygen atoms in total. The summed E-state index contributed by atoms with van der Waals surface area (Å²) in [6.45, 7) is 1.77. The van der Waals surface area contributed by atoms with E-state index < -0.39 is 0 Å². The molecule has 0 aliphatic carbocycles. The van der Waals surface area contributed by atoms with Gasteiger partial charge in [-0.2, -0.15) is 0 Å². The second-order valence-electron chi connectivity index (χ2n) is 2.39. The van der Waals surface area contributed by atoms with Crippen molar-refractivity contribution in [3.8, 4) is 0 Å². The van der Waals surface area contributed by atoms with E-state index in [1.54, 1.807) is 10.0 Å². The highest BCUT2D eigenvalue weighted by atomic mass is 15.6. The molecule has 1 saturated heterocycles. The van der Waals surface area contributed by atoms with E-state index in [1.165, 1.54) is 6.42 Å². The highest BCUT2D eigenvalue weighted by Gasteiger charge is 2.09. The second kappa shape index (κ2) is 3.18. The molecule has 50 valence electrons. The van der Waals surface area contributed by atoms with Crippen LogP contribution in [0.5, 0.6) is 0 Å². The first-order valence-corrected chi connectivity index (χ1v) is 3.35. The van der Waals surface area contributed by atoms with Crippen LogP contribution in [0.3, 0.4) is 0 Å². The molecule has 4 radical (unpaired) electrons. The van der Waals surface area contributed by atoms with E-state index in [2.05, 4.69) is 0 Å². The second-order valence-corrected chi connectivity index (χ2v) is 2.39. The van der Waals surface area contributed by atoms with Gasteiger partial charge in [0.2, 0.25) is 0 Å². The Labute approximate surface area is 57.4 Å². The van der Waals surface area contributed by atoms with Crippen LogP contribution in [-0.4, -0.2) is 23.1 Å². The monoisotopic (exact) mass is 124 g/mol. The van der Waals surface area contributed by atoms with Gasteiger partial charge in [-0.1, -0.05) is 6.42 Å². The van der Waals surface area contributed by atoms with Gasteiger partial charge in [0.1, 0.15) is 0 Å². The highest BCUT2D eigenvalue weighted by molar-refractivity contribution is 4.61. The third-order valence-electron chi connectivity index (χ3n) is 1.60. The Morgan fingerprint density at radius 2 is 1.22 bits per heavy atom. The average molecular weight is 124 g/mol. The summed E-state index contributed by atoms with van der Waals surface area (Å²) >= 11 is 0. The van der Waals surface area contributed by atoms with Crippen molar-refractivity contribution in [2.75, 3.05) is 13.1 Å². The molecule has 1 heterocycles. The lowest BCUT2D eigenvalue weighted by Crippen LogP contribution is -2.32. The third-order valence-corrected chi connectivity index (χ3v) is 1.60. The Bertz CT molecular complexity index is 73.0. The highest BCUT2D eigenvalue weighted by Crippen LogP contribution is 2.07. The molecule has 2 heteroatoms. The maximum atomic E-state index is 5.51. The number of hydrazine groups is 1. The van der Waals surface area contributed by atoms with Crippen molar-refractivity contribution in [2.45, 2.75) is 19.3 Å². The van der Waals surface area contributed by atoms with E-state index in [0.717, 1.165) is 25.9 Å². The lowest BCUT2D eigenvalue weighted by Gasteiger charge is -2.23. The zero-order chi connectivity index (χ0) is 6.69. The van der Waals surface area contributed by atoms with Crippen LogP contribution in [0.15, 0.2) is 0 Å². The van der Waals surface area contributed by atoms with Crippen LogP contribution in [0, 0.1) is 14.1 Å². The molecule has 1 aliphatic rings. The molecular weight excluding hydrogens is 112 g/mol. The largest absolute Gasteiger partial charge is 0.235 e. The van der Waals surface area contributed by atoms with Crippen LogP contribution in [0.2, 0.25) is 0 Å². The minimum atomic E-state index is 0.885. The Kier molecular flexibility index (Phi) is 2.49. The summed E-state index contributed by atoms with van der Waals surface area (Å²) in [6, 6.07) is 0. The van der Waals surface area contributed by atoms with Crippen molar-refractivity contribution in [1.29, 1.82) is 0 Å². The molecule has 0 bridgehead atoms. The van der Waals surface area contributed by atoms with Gasteiger partial charge in [0.05, 0.1) is 14.1 Å². The average Bonchev–Trinajstić information content (AvgIpc) is 1.99. The quantitative estimate of drug-likeness (QED) is 0.476. The van der Waals surface area contributed by atoms with Crippen molar-refractivity contribution in [3.63, 3.8) is 0 Å². The summed E-state index contributed by atoms with van der Waals surface area (Å²) in [4.78, 5) is 0. The molecule has 0 N–H and O–H groups in total. The van der Waals surface area contributed by atoms with E-state index in [4.69, 9.17) is 14.1 Å². The number of hydrogen-bond acceptors (Lipinski definition) is 2. The topological polar surface area (TPSA) is 6.48 Å². The maximum Gasteiger partial charge on any atom is 0.0617 e. The lowest BCUT2D eigenvalue weighted by molar-refractivity contribution is 0.0813. The Morgan fingerprint density at radius 1 is 0.778 bits per heavy atom. The first-order chi connectivity index (χ1) is 4.30. The summed E-state index contributed by atoms with van der Waals surface area (Å²) < 4.78 is 0. The van der Waals surface area contributed by atoms with Crippen molar-refractivity contribution < 1.29 is 0 Å². The molecule has 1 fully saturated rings. The number of hydrogen-bond donors (Lipinski definition) is 0. The van der Waals surface area contributed by atoms with E-state index >= 15 is 0 Å². The predicted molar refractivity (Wildman–Crippen MR) is 35.9 cm³/mol.